The number of carboxylic acid groups (broad SMARTS) is 2. The number of carbonyl (C=O) groups is 2. The Morgan fingerprint density at radius 1 is 1.16 bits per heavy atom. The third-order valence-electron chi connectivity index (χ3n) is 6.13. The van der Waals surface area contributed by atoms with E-state index in [-0.39, 0.29) is 5.56 Å². The van der Waals surface area contributed by atoms with Crippen LogP contribution >= 0.6 is 0 Å². The molecule has 0 amide bonds. The van der Waals surface area contributed by atoms with Gasteiger partial charge in [-0.3, -0.25) is 14.6 Å². The second kappa shape index (κ2) is 8.16. The summed E-state index contributed by atoms with van der Waals surface area (Å²) in [7, 11) is 1.84. The zero-order valence-electron chi connectivity index (χ0n) is 17.8. The van der Waals surface area contributed by atoms with Gasteiger partial charge in [0.25, 0.3) is 0 Å². The van der Waals surface area contributed by atoms with Crippen LogP contribution in [0.3, 0.4) is 0 Å². The lowest BCUT2D eigenvalue weighted by Gasteiger charge is -2.37. The predicted octanol–water partition coefficient (Wildman–Crippen LogP) is 2.42. The Labute approximate surface area is 179 Å². The molecule has 1 aromatic carbocycles. The van der Waals surface area contributed by atoms with Crippen molar-refractivity contribution in [2.24, 2.45) is 7.05 Å². The number of fused-ring (bicyclic) bond motifs is 1. The summed E-state index contributed by atoms with van der Waals surface area (Å²) in [6, 6.07) is 3.99. The lowest BCUT2D eigenvalue weighted by molar-refractivity contribution is -0.144. The summed E-state index contributed by atoms with van der Waals surface area (Å²) in [5.41, 5.74) is 3.54. The van der Waals surface area contributed by atoms with E-state index in [2.05, 4.69) is 10.1 Å². The highest BCUT2D eigenvalue weighted by atomic mass is 16.5. The van der Waals surface area contributed by atoms with Gasteiger partial charge in [0.2, 0.25) is 0 Å². The van der Waals surface area contributed by atoms with Crippen LogP contribution in [0.2, 0.25) is 0 Å². The third kappa shape index (κ3) is 3.94. The summed E-state index contributed by atoms with van der Waals surface area (Å²) in [5.74, 6) is -1.16. The molecule has 9 nitrogen and oxygen atoms in total. The van der Waals surface area contributed by atoms with E-state index in [1.165, 1.54) is 6.07 Å². The maximum Gasteiger partial charge on any atom is 0.335 e. The Bertz CT molecular complexity index is 1120. The monoisotopic (exact) mass is 426 g/mol. The molecular formula is C22H26N4O5. The van der Waals surface area contributed by atoms with Crippen molar-refractivity contribution >= 4 is 22.8 Å². The summed E-state index contributed by atoms with van der Waals surface area (Å²) in [5, 5.41) is 24.1. The maximum absolute atomic E-state index is 12.3. The van der Waals surface area contributed by atoms with Gasteiger partial charge < -0.3 is 19.3 Å². The molecule has 2 N–H and O–H groups in total. The molecule has 2 aromatic heterocycles. The number of benzene rings is 1. The number of hydrogen-bond acceptors (Lipinski definition) is 6. The molecular weight excluding hydrogens is 400 g/mol. The summed E-state index contributed by atoms with van der Waals surface area (Å²) in [4.78, 5) is 28.0. The van der Waals surface area contributed by atoms with E-state index in [0.717, 1.165) is 42.2 Å². The van der Waals surface area contributed by atoms with E-state index in [1.54, 1.807) is 18.3 Å². The van der Waals surface area contributed by atoms with E-state index >= 15 is 0 Å². The van der Waals surface area contributed by atoms with E-state index in [4.69, 9.17) is 4.52 Å². The normalized spacial score (nSPS) is 16.6. The fraction of sp³-hybridized carbons (Fsp3) is 0.409. The molecule has 31 heavy (non-hydrogen) atoms. The van der Waals surface area contributed by atoms with Crippen LogP contribution in [0.4, 0.5) is 0 Å². The molecule has 4 rings (SSSR count). The number of aryl methyl sites for hydroxylation is 3. The average Bonchev–Trinajstić information content (AvgIpc) is 3.22. The third-order valence-corrected chi connectivity index (χ3v) is 6.13. The van der Waals surface area contributed by atoms with Crippen LogP contribution in [0.1, 0.15) is 39.0 Å². The van der Waals surface area contributed by atoms with Crippen molar-refractivity contribution in [3.05, 3.63) is 52.5 Å². The zero-order chi connectivity index (χ0) is 22.3. The van der Waals surface area contributed by atoms with E-state index in [9.17, 15) is 19.8 Å². The zero-order valence-corrected chi connectivity index (χ0v) is 17.8. The van der Waals surface area contributed by atoms with Crippen LogP contribution in [-0.2, 0) is 18.4 Å². The molecule has 3 heterocycles. The molecule has 9 heteroatoms. The van der Waals surface area contributed by atoms with Gasteiger partial charge in [0.15, 0.2) is 0 Å². The van der Waals surface area contributed by atoms with Crippen LogP contribution in [0.15, 0.2) is 28.9 Å². The lowest BCUT2D eigenvalue weighted by Crippen LogP contribution is -2.48. The summed E-state index contributed by atoms with van der Waals surface area (Å²) in [6.45, 7) is 7.18. The first-order valence-corrected chi connectivity index (χ1v) is 10.2. The molecule has 1 fully saturated rings. The van der Waals surface area contributed by atoms with Crippen molar-refractivity contribution in [1.82, 2.24) is 19.5 Å². The van der Waals surface area contributed by atoms with Gasteiger partial charge >= 0.3 is 11.9 Å². The van der Waals surface area contributed by atoms with Gasteiger partial charge in [-0.05, 0) is 32.0 Å². The van der Waals surface area contributed by atoms with Crippen LogP contribution in [0, 0.1) is 13.8 Å². The molecule has 0 radical (unpaired) electrons. The van der Waals surface area contributed by atoms with Gasteiger partial charge in [0.05, 0.1) is 11.3 Å². The topological polar surface area (TPSA) is 112 Å². The summed E-state index contributed by atoms with van der Waals surface area (Å²) in [6.07, 6.45) is 1.80. The minimum Gasteiger partial charge on any atom is -0.480 e. The molecule has 1 aliphatic rings. The summed E-state index contributed by atoms with van der Waals surface area (Å²) >= 11 is 0. The number of hydrogen-bond donors (Lipinski definition) is 2. The van der Waals surface area contributed by atoms with Crippen LogP contribution in [0.25, 0.3) is 10.9 Å². The van der Waals surface area contributed by atoms with Crippen LogP contribution in [0.5, 0.6) is 0 Å². The van der Waals surface area contributed by atoms with Crippen LogP contribution < -0.4 is 0 Å². The Morgan fingerprint density at radius 3 is 2.45 bits per heavy atom. The molecule has 0 spiro atoms. The van der Waals surface area contributed by atoms with Crippen molar-refractivity contribution in [2.75, 3.05) is 26.2 Å². The van der Waals surface area contributed by atoms with Gasteiger partial charge in [-0.15, -0.1) is 0 Å². The van der Waals surface area contributed by atoms with Gasteiger partial charge in [-0.1, -0.05) is 5.16 Å². The first-order chi connectivity index (χ1) is 14.8. The van der Waals surface area contributed by atoms with E-state index in [0.29, 0.717) is 24.0 Å². The van der Waals surface area contributed by atoms with Crippen molar-refractivity contribution in [2.45, 2.75) is 26.4 Å². The molecule has 3 aromatic rings. The number of aromatic carboxylic acids is 1. The molecule has 0 aliphatic carbocycles. The van der Waals surface area contributed by atoms with Gasteiger partial charge in [0.1, 0.15) is 11.8 Å². The number of carboxylic acids is 2. The largest absolute Gasteiger partial charge is 0.480 e. The van der Waals surface area contributed by atoms with E-state index < -0.39 is 18.0 Å². The first kappa shape index (κ1) is 21.1. The van der Waals surface area contributed by atoms with Crippen molar-refractivity contribution in [1.29, 1.82) is 0 Å². The molecule has 0 bridgehead atoms. The predicted molar refractivity (Wildman–Crippen MR) is 113 cm³/mol. The molecule has 164 valence electrons. The second-order valence-electron chi connectivity index (χ2n) is 8.09. The van der Waals surface area contributed by atoms with E-state index in [1.807, 2.05) is 30.4 Å². The smallest absolute Gasteiger partial charge is 0.335 e. The highest BCUT2D eigenvalue weighted by Crippen LogP contribution is 2.32. The molecule has 1 aliphatic heterocycles. The highest BCUT2D eigenvalue weighted by Gasteiger charge is 2.33. The SMILES string of the molecule is Cc1noc(C)c1CN1CCN([C@@H](C(=O)O)c2cn(C)c3ccc(C(=O)O)cc23)CC1. The van der Waals surface area contributed by atoms with Crippen LogP contribution in [-0.4, -0.2) is 67.9 Å². The Hall–Kier alpha value is -3.17. The Kier molecular flexibility index (Phi) is 5.55. The fourth-order valence-corrected chi connectivity index (χ4v) is 4.39. The number of rotatable bonds is 6. The number of aromatic nitrogens is 2. The van der Waals surface area contributed by atoms with Gasteiger partial charge in [-0.25, -0.2) is 4.79 Å². The van der Waals surface area contributed by atoms with Gasteiger partial charge in [-0.2, -0.15) is 0 Å². The molecule has 0 unspecified atom stereocenters. The lowest BCUT2D eigenvalue weighted by atomic mass is 10.0. The number of aliphatic carboxylic acids is 1. The molecule has 0 saturated carbocycles. The van der Waals surface area contributed by atoms with Crippen molar-refractivity contribution in [3.8, 4) is 0 Å². The average molecular weight is 426 g/mol. The number of piperazine rings is 1. The molecule has 1 atom stereocenters. The summed E-state index contributed by atoms with van der Waals surface area (Å²) < 4.78 is 7.09. The Morgan fingerprint density at radius 2 is 1.87 bits per heavy atom. The fourth-order valence-electron chi connectivity index (χ4n) is 4.39. The first-order valence-electron chi connectivity index (χ1n) is 10.2. The molecule has 1 saturated heterocycles. The standard InChI is InChI=1S/C22H26N4O5/c1-13-17(14(2)31-23-13)12-25-6-8-26(9-7-25)20(22(29)30)18-11-24(3)19-5-4-15(21(27)28)10-16(18)19/h4-5,10-11,20H,6-9,12H2,1-3H3,(H,27,28)(H,29,30)/t20-/m1/s1. The maximum atomic E-state index is 12.3. The second-order valence-corrected chi connectivity index (χ2v) is 8.09. The minimum absolute atomic E-state index is 0.147. The Balaban J connectivity index is 1.57. The highest BCUT2D eigenvalue weighted by molar-refractivity contribution is 5.96. The van der Waals surface area contributed by atoms with Gasteiger partial charge in [0, 0.05) is 68.0 Å². The van der Waals surface area contributed by atoms with Crippen molar-refractivity contribution in [3.63, 3.8) is 0 Å². The number of nitrogens with zero attached hydrogens (tertiary/aromatic N) is 4. The quantitative estimate of drug-likeness (QED) is 0.618. The minimum atomic E-state index is -1.03. The van der Waals surface area contributed by atoms with Crippen molar-refractivity contribution < 1.29 is 24.3 Å².